The molecule has 1 aliphatic heterocycles. The fraction of sp³-hybridized carbons (Fsp3) is 1.00. The minimum atomic E-state index is 0.763. The van der Waals surface area contributed by atoms with E-state index in [-0.39, 0.29) is 0 Å². The highest BCUT2D eigenvalue weighted by Crippen LogP contribution is 2.26. The smallest absolute Gasteiger partial charge is 0.0192 e. The molecule has 2 nitrogen and oxygen atoms in total. The van der Waals surface area contributed by atoms with Gasteiger partial charge in [-0.3, -0.25) is 4.90 Å². The van der Waals surface area contributed by atoms with Crippen molar-refractivity contribution in [2.24, 2.45) is 0 Å². The van der Waals surface area contributed by atoms with Crippen molar-refractivity contribution < 1.29 is 0 Å². The standard InChI is InChI=1S/C10H20N2/c1-9-8-12(7-6-11(9)2)10-4-3-5-10/h9-10H,3-8H2,1-2H3/t9-/m0/s1. The fourth-order valence-electron chi connectivity index (χ4n) is 2.16. The van der Waals surface area contributed by atoms with Gasteiger partial charge < -0.3 is 4.90 Å². The van der Waals surface area contributed by atoms with Gasteiger partial charge in [0.2, 0.25) is 0 Å². The molecule has 1 saturated heterocycles. The van der Waals surface area contributed by atoms with E-state index in [1.807, 2.05) is 0 Å². The van der Waals surface area contributed by atoms with E-state index in [4.69, 9.17) is 0 Å². The van der Waals surface area contributed by atoms with Gasteiger partial charge in [0.15, 0.2) is 0 Å². The van der Waals surface area contributed by atoms with Gasteiger partial charge in [-0.15, -0.1) is 0 Å². The van der Waals surface area contributed by atoms with Gasteiger partial charge in [0.25, 0.3) is 0 Å². The maximum atomic E-state index is 2.69. The lowest BCUT2D eigenvalue weighted by molar-refractivity contribution is 0.0423. The summed E-state index contributed by atoms with van der Waals surface area (Å²) in [5.41, 5.74) is 0. The second kappa shape index (κ2) is 3.35. The highest BCUT2D eigenvalue weighted by molar-refractivity contribution is 4.86. The van der Waals surface area contributed by atoms with Crippen LogP contribution in [0.4, 0.5) is 0 Å². The molecule has 0 bridgehead atoms. The van der Waals surface area contributed by atoms with Crippen molar-refractivity contribution in [1.82, 2.24) is 9.80 Å². The molecule has 1 heterocycles. The molecule has 0 amide bonds. The first-order valence-corrected chi connectivity index (χ1v) is 5.21. The zero-order valence-corrected chi connectivity index (χ0v) is 8.29. The van der Waals surface area contributed by atoms with Gasteiger partial charge in [-0.2, -0.15) is 0 Å². The molecule has 0 aromatic heterocycles. The Morgan fingerprint density at radius 3 is 2.42 bits per heavy atom. The molecule has 2 heteroatoms. The zero-order chi connectivity index (χ0) is 8.55. The molecule has 1 aliphatic carbocycles. The molecular formula is C10H20N2. The first-order chi connectivity index (χ1) is 5.77. The topological polar surface area (TPSA) is 6.48 Å². The largest absolute Gasteiger partial charge is 0.301 e. The zero-order valence-electron chi connectivity index (χ0n) is 8.29. The van der Waals surface area contributed by atoms with Crippen LogP contribution >= 0.6 is 0 Å². The average molecular weight is 168 g/mol. The van der Waals surface area contributed by atoms with Crippen LogP contribution < -0.4 is 0 Å². The number of likely N-dealkylation sites (N-methyl/N-ethyl adjacent to an activating group) is 1. The van der Waals surface area contributed by atoms with Crippen molar-refractivity contribution >= 4 is 0 Å². The third kappa shape index (κ3) is 1.50. The Kier molecular flexibility index (Phi) is 2.37. The van der Waals surface area contributed by atoms with Crippen molar-refractivity contribution in [2.45, 2.75) is 38.3 Å². The minimum Gasteiger partial charge on any atom is -0.301 e. The predicted molar refractivity (Wildman–Crippen MR) is 51.3 cm³/mol. The molecule has 70 valence electrons. The summed E-state index contributed by atoms with van der Waals surface area (Å²) in [6.45, 7) is 6.19. The molecule has 0 aromatic rings. The Morgan fingerprint density at radius 1 is 1.17 bits per heavy atom. The Hall–Kier alpha value is -0.0800. The van der Waals surface area contributed by atoms with Gasteiger partial charge in [0.05, 0.1) is 0 Å². The summed E-state index contributed by atoms with van der Waals surface area (Å²) < 4.78 is 0. The molecule has 12 heavy (non-hydrogen) atoms. The van der Waals surface area contributed by atoms with E-state index in [2.05, 4.69) is 23.8 Å². The number of piperazine rings is 1. The van der Waals surface area contributed by atoms with E-state index < -0.39 is 0 Å². The number of hydrogen-bond acceptors (Lipinski definition) is 2. The van der Waals surface area contributed by atoms with Gasteiger partial charge in [-0.25, -0.2) is 0 Å². The minimum absolute atomic E-state index is 0.763. The second-order valence-electron chi connectivity index (χ2n) is 4.41. The van der Waals surface area contributed by atoms with Crippen LogP contribution in [0.5, 0.6) is 0 Å². The first-order valence-electron chi connectivity index (χ1n) is 5.21. The highest BCUT2D eigenvalue weighted by Gasteiger charge is 2.29. The van der Waals surface area contributed by atoms with Crippen LogP contribution in [0.1, 0.15) is 26.2 Å². The fourth-order valence-corrected chi connectivity index (χ4v) is 2.16. The van der Waals surface area contributed by atoms with E-state index in [0.717, 1.165) is 12.1 Å². The van der Waals surface area contributed by atoms with Gasteiger partial charge in [0.1, 0.15) is 0 Å². The van der Waals surface area contributed by atoms with Crippen LogP contribution in [0.2, 0.25) is 0 Å². The van der Waals surface area contributed by atoms with E-state index in [9.17, 15) is 0 Å². The van der Waals surface area contributed by atoms with Crippen LogP contribution in [0.25, 0.3) is 0 Å². The van der Waals surface area contributed by atoms with Crippen molar-refractivity contribution in [1.29, 1.82) is 0 Å². The van der Waals surface area contributed by atoms with Crippen molar-refractivity contribution in [3.8, 4) is 0 Å². The Labute approximate surface area is 75.5 Å². The molecule has 1 saturated carbocycles. The monoisotopic (exact) mass is 168 g/mol. The maximum Gasteiger partial charge on any atom is 0.0192 e. The van der Waals surface area contributed by atoms with Gasteiger partial charge in [-0.05, 0) is 26.8 Å². The normalized spacial score (nSPS) is 35.0. The van der Waals surface area contributed by atoms with E-state index in [1.54, 1.807) is 0 Å². The SMILES string of the molecule is C[C@H]1CN(C2CCC2)CCN1C. The molecule has 0 radical (unpaired) electrons. The van der Waals surface area contributed by atoms with E-state index in [1.165, 1.54) is 38.9 Å². The summed E-state index contributed by atoms with van der Waals surface area (Å²) in [5.74, 6) is 0. The van der Waals surface area contributed by atoms with E-state index >= 15 is 0 Å². The maximum absolute atomic E-state index is 2.69. The summed E-state index contributed by atoms with van der Waals surface area (Å²) in [4.78, 5) is 5.16. The summed E-state index contributed by atoms with van der Waals surface area (Å²) in [5, 5.41) is 0. The average Bonchev–Trinajstić information content (AvgIpc) is 1.93. The molecule has 2 aliphatic rings. The lowest BCUT2D eigenvalue weighted by atomic mass is 9.90. The Bertz CT molecular complexity index is 154. The Balaban J connectivity index is 1.84. The number of rotatable bonds is 1. The third-order valence-corrected chi connectivity index (χ3v) is 3.58. The third-order valence-electron chi connectivity index (χ3n) is 3.58. The molecule has 1 atom stereocenters. The molecule has 2 fully saturated rings. The lowest BCUT2D eigenvalue weighted by Crippen LogP contribution is -2.54. The van der Waals surface area contributed by atoms with Gasteiger partial charge in [-0.1, -0.05) is 6.42 Å². The molecule has 0 spiro atoms. The van der Waals surface area contributed by atoms with Crippen molar-refractivity contribution in [3.05, 3.63) is 0 Å². The summed E-state index contributed by atoms with van der Waals surface area (Å²) in [6, 6.07) is 1.71. The second-order valence-corrected chi connectivity index (χ2v) is 4.41. The van der Waals surface area contributed by atoms with Crippen LogP contribution in [0.15, 0.2) is 0 Å². The molecule has 0 aromatic carbocycles. The van der Waals surface area contributed by atoms with Gasteiger partial charge >= 0.3 is 0 Å². The van der Waals surface area contributed by atoms with Gasteiger partial charge in [0, 0.05) is 31.7 Å². The molecule has 0 N–H and O–H groups in total. The highest BCUT2D eigenvalue weighted by atomic mass is 15.3. The van der Waals surface area contributed by atoms with Crippen LogP contribution in [-0.4, -0.2) is 48.6 Å². The summed E-state index contributed by atoms with van der Waals surface area (Å²) >= 11 is 0. The predicted octanol–water partition coefficient (Wildman–Crippen LogP) is 1.17. The van der Waals surface area contributed by atoms with Crippen molar-refractivity contribution in [3.63, 3.8) is 0 Å². The quantitative estimate of drug-likeness (QED) is 0.580. The van der Waals surface area contributed by atoms with Crippen LogP contribution in [0, 0.1) is 0 Å². The number of nitrogens with zero attached hydrogens (tertiary/aromatic N) is 2. The Morgan fingerprint density at radius 2 is 1.92 bits per heavy atom. The molecule has 0 unspecified atom stereocenters. The molecule has 2 rings (SSSR count). The van der Waals surface area contributed by atoms with Crippen LogP contribution in [-0.2, 0) is 0 Å². The molecular weight excluding hydrogens is 148 g/mol. The first kappa shape index (κ1) is 8.52. The lowest BCUT2D eigenvalue weighted by Gasteiger charge is -2.45. The van der Waals surface area contributed by atoms with Crippen LogP contribution in [0.3, 0.4) is 0 Å². The van der Waals surface area contributed by atoms with E-state index in [0.29, 0.717) is 0 Å². The summed E-state index contributed by atoms with van der Waals surface area (Å²) in [7, 11) is 2.24. The summed E-state index contributed by atoms with van der Waals surface area (Å²) in [6.07, 6.45) is 4.37. The number of hydrogen-bond donors (Lipinski definition) is 0. The van der Waals surface area contributed by atoms with Crippen molar-refractivity contribution in [2.75, 3.05) is 26.7 Å².